The average Bonchev–Trinajstić information content (AvgIpc) is 3.35. The van der Waals surface area contributed by atoms with E-state index in [0.717, 1.165) is 36.4 Å². The maximum Gasteiger partial charge on any atom is 0.164 e. The van der Waals surface area contributed by atoms with Gasteiger partial charge in [-0.25, -0.2) is 0 Å². The lowest BCUT2D eigenvalue weighted by molar-refractivity contribution is -0.0922. The van der Waals surface area contributed by atoms with E-state index in [1.165, 1.54) is 0 Å². The molecule has 0 saturated heterocycles. The topological polar surface area (TPSA) is 281 Å². The molecule has 0 spiro atoms. The Morgan fingerprint density at radius 3 is 0.917 bits per heavy atom. The highest BCUT2D eigenvalue weighted by molar-refractivity contribution is 5.40. The van der Waals surface area contributed by atoms with E-state index >= 15 is 0 Å². The largest absolute Gasteiger partial charge is 0.508 e. The van der Waals surface area contributed by atoms with Crippen LogP contribution >= 0.6 is 0 Å². The number of benzene rings is 2. The number of phenols is 6. The normalized spacial score (nSPS) is 19.7. The monoisotopic (exact) mass is 690 g/mol. The lowest BCUT2D eigenvalue weighted by atomic mass is 10.1. The highest BCUT2D eigenvalue weighted by Gasteiger charge is 2.44. The second-order valence-electron chi connectivity index (χ2n) is 10.7. The minimum atomic E-state index is -1.22. The highest BCUT2D eigenvalue weighted by atomic mass is 16.6. The minimum absolute atomic E-state index is 0.146. The maximum absolute atomic E-state index is 9.45. The van der Waals surface area contributed by atoms with Crippen LogP contribution in [0.25, 0.3) is 0 Å². The summed E-state index contributed by atoms with van der Waals surface area (Å²) >= 11 is 0. The number of ether oxygens (including phenoxy) is 2. The fraction of sp³-hybridized carbons (Fsp3) is 0.515. The molecule has 0 bridgehead atoms. The molecular weight excluding hydrogens is 636 g/mol. The second kappa shape index (κ2) is 20.8. The summed E-state index contributed by atoms with van der Waals surface area (Å²) < 4.78 is 10.4. The van der Waals surface area contributed by atoms with Gasteiger partial charge in [0.15, 0.2) is 23.0 Å². The van der Waals surface area contributed by atoms with Crippen molar-refractivity contribution in [2.24, 2.45) is 0 Å². The summed E-state index contributed by atoms with van der Waals surface area (Å²) in [5.74, 6) is -2.03. The van der Waals surface area contributed by atoms with Gasteiger partial charge < -0.3 is 75.9 Å². The zero-order chi connectivity index (χ0) is 38.2. The Bertz CT molecular complexity index is 1100. The molecule has 2 heterocycles. The Morgan fingerprint density at radius 2 is 0.750 bits per heavy atom. The second-order valence-corrected chi connectivity index (χ2v) is 10.7. The van der Waals surface area contributed by atoms with Crippen molar-refractivity contribution in [3.63, 3.8) is 0 Å². The van der Waals surface area contributed by atoms with Crippen LogP contribution in [0.15, 0.2) is 59.4 Å². The molecule has 2 aliphatic rings. The first-order chi connectivity index (χ1) is 22.2. The Kier molecular flexibility index (Phi) is 19.9. The quantitative estimate of drug-likeness (QED) is 0.206. The fourth-order valence-electron chi connectivity index (χ4n) is 3.73. The van der Waals surface area contributed by atoms with Gasteiger partial charge in [-0.15, -0.1) is 0 Å². The number of hydrogen-bond acceptors (Lipinski definition) is 15. The summed E-state index contributed by atoms with van der Waals surface area (Å²) in [6, 6.07) is 6.83. The van der Waals surface area contributed by atoms with Crippen molar-refractivity contribution in [2.75, 3.05) is 6.61 Å². The van der Waals surface area contributed by atoms with Crippen molar-refractivity contribution in [3.05, 3.63) is 59.4 Å². The number of aliphatic hydroxyl groups is 7. The molecule has 48 heavy (non-hydrogen) atoms. The number of rotatable bonds is 4. The standard InChI is InChI=1S/C9H16O4.C8H14O5.2C6H6O3.2C2H6/c1-4-5(10)7-6(11)8(12)9(2,3)13-7;1-8(2)7(12)5(11)6(13-8)4(10)3-9;2*7-4-1-5(8)3-6(9)2-4;2*1-2/h5,7,10-12H,4H2,1-3H3;4,6,9-12H,3H2,1-2H3;2*1-3,7-9H;2*1-2H3. The summed E-state index contributed by atoms with van der Waals surface area (Å²) in [7, 11) is 0. The van der Waals surface area contributed by atoms with Crippen LogP contribution in [-0.4, -0.2) is 109 Å². The molecule has 2 aromatic rings. The van der Waals surface area contributed by atoms with E-state index in [-0.39, 0.29) is 51.8 Å². The SMILES string of the molecule is CC.CC.CC1(C)OC(C(O)CO)C(O)=C1O.CCC(O)C1OC(C)(C)C(O)=C1O.Oc1cc(O)cc(O)c1.Oc1cc(O)cc(O)c1. The first kappa shape index (κ1) is 45.8. The Hall–Kier alpha value is -4.28. The molecule has 15 heteroatoms. The summed E-state index contributed by atoms with van der Waals surface area (Å²) in [5, 5.41) is 117. The molecule has 2 aliphatic heterocycles. The number of phenolic OH excluding ortho intramolecular Hbond substituents is 6. The molecule has 0 aromatic heterocycles. The van der Waals surface area contributed by atoms with Gasteiger partial charge in [-0.3, -0.25) is 0 Å². The van der Waals surface area contributed by atoms with E-state index in [1.807, 2.05) is 27.7 Å². The van der Waals surface area contributed by atoms with E-state index in [9.17, 15) is 30.6 Å². The summed E-state index contributed by atoms with van der Waals surface area (Å²) in [6.45, 7) is 15.6. The predicted molar refractivity (Wildman–Crippen MR) is 177 cm³/mol. The van der Waals surface area contributed by atoms with E-state index in [4.69, 9.17) is 45.2 Å². The third-order valence-electron chi connectivity index (χ3n) is 6.09. The molecule has 0 fully saturated rings. The van der Waals surface area contributed by atoms with Crippen LogP contribution in [0, 0.1) is 0 Å². The number of aliphatic hydroxyl groups excluding tert-OH is 7. The molecular formula is C33H54O15. The zero-order valence-electron chi connectivity index (χ0n) is 28.8. The van der Waals surface area contributed by atoms with Crippen LogP contribution in [0.3, 0.4) is 0 Å². The van der Waals surface area contributed by atoms with Crippen molar-refractivity contribution in [1.29, 1.82) is 0 Å². The van der Waals surface area contributed by atoms with Gasteiger partial charge in [0.05, 0.1) is 12.7 Å². The van der Waals surface area contributed by atoms with Crippen molar-refractivity contribution in [2.45, 2.75) is 104 Å². The van der Waals surface area contributed by atoms with E-state index in [1.54, 1.807) is 34.6 Å². The van der Waals surface area contributed by atoms with Gasteiger partial charge in [-0.2, -0.15) is 0 Å². The van der Waals surface area contributed by atoms with Crippen LogP contribution in [-0.2, 0) is 9.47 Å². The minimum Gasteiger partial charge on any atom is -0.508 e. The fourth-order valence-corrected chi connectivity index (χ4v) is 3.73. The third kappa shape index (κ3) is 14.2. The number of hydrogen-bond donors (Lipinski definition) is 13. The van der Waals surface area contributed by atoms with Gasteiger partial charge in [0, 0.05) is 36.4 Å². The molecule has 276 valence electrons. The molecule has 0 saturated carbocycles. The van der Waals surface area contributed by atoms with Crippen molar-refractivity contribution in [1.82, 2.24) is 0 Å². The van der Waals surface area contributed by atoms with Crippen LogP contribution in [0.2, 0.25) is 0 Å². The maximum atomic E-state index is 9.45. The number of aromatic hydroxyl groups is 6. The van der Waals surface area contributed by atoms with Crippen molar-refractivity contribution >= 4 is 0 Å². The highest BCUT2D eigenvalue weighted by Crippen LogP contribution is 2.35. The Balaban J connectivity index is 0. The van der Waals surface area contributed by atoms with E-state index in [0.29, 0.717) is 6.42 Å². The zero-order valence-corrected chi connectivity index (χ0v) is 28.8. The first-order valence-corrected chi connectivity index (χ1v) is 15.2. The van der Waals surface area contributed by atoms with Crippen molar-refractivity contribution < 1.29 is 75.9 Å². The lowest BCUT2D eigenvalue weighted by Crippen LogP contribution is -2.34. The molecule has 0 amide bonds. The molecule has 13 N–H and O–H groups in total. The molecule has 0 aliphatic carbocycles. The van der Waals surface area contributed by atoms with Crippen LogP contribution < -0.4 is 0 Å². The van der Waals surface area contributed by atoms with Crippen LogP contribution in [0.1, 0.15) is 68.7 Å². The first-order valence-electron chi connectivity index (χ1n) is 15.2. The van der Waals surface area contributed by atoms with Gasteiger partial charge >= 0.3 is 0 Å². The van der Waals surface area contributed by atoms with Gasteiger partial charge in [0.1, 0.15) is 64.0 Å². The molecule has 15 nitrogen and oxygen atoms in total. The smallest absolute Gasteiger partial charge is 0.164 e. The van der Waals surface area contributed by atoms with Gasteiger partial charge in [-0.05, 0) is 34.1 Å². The van der Waals surface area contributed by atoms with Crippen molar-refractivity contribution in [3.8, 4) is 34.5 Å². The summed E-state index contributed by atoms with van der Waals surface area (Å²) in [4.78, 5) is 0. The molecule has 4 atom stereocenters. The van der Waals surface area contributed by atoms with E-state index in [2.05, 4.69) is 0 Å². The predicted octanol–water partition coefficient (Wildman–Crippen LogP) is 4.77. The molecule has 2 aromatic carbocycles. The molecule has 4 unspecified atom stereocenters. The van der Waals surface area contributed by atoms with Gasteiger partial charge in [-0.1, -0.05) is 34.6 Å². The Labute approximate surface area is 280 Å². The summed E-state index contributed by atoms with van der Waals surface area (Å²) in [5.41, 5.74) is -1.91. The Morgan fingerprint density at radius 1 is 0.521 bits per heavy atom. The van der Waals surface area contributed by atoms with E-state index < -0.39 is 48.0 Å². The molecule has 4 rings (SSSR count). The van der Waals surface area contributed by atoms with Crippen LogP contribution in [0.4, 0.5) is 0 Å². The third-order valence-corrected chi connectivity index (χ3v) is 6.09. The lowest BCUT2D eigenvalue weighted by Gasteiger charge is -2.22. The molecule has 0 radical (unpaired) electrons. The summed E-state index contributed by atoms with van der Waals surface area (Å²) in [6.07, 6.45) is -3.36. The average molecular weight is 691 g/mol. The van der Waals surface area contributed by atoms with Gasteiger partial charge in [0.2, 0.25) is 0 Å². The van der Waals surface area contributed by atoms with Crippen LogP contribution in [0.5, 0.6) is 34.5 Å². The van der Waals surface area contributed by atoms with Gasteiger partial charge in [0.25, 0.3) is 0 Å².